The molecule has 0 bridgehead atoms. The first-order chi connectivity index (χ1) is 8.78. The lowest BCUT2D eigenvalue weighted by molar-refractivity contribution is -0.131. The van der Waals surface area contributed by atoms with Crippen LogP contribution >= 0.6 is 11.3 Å². The van der Waals surface area contributed by atoms with Crippen LogP contribution < -0.4 is 5.32 Å². The van der Waals surface area contributed by atoms with Gasteiger partial charge in [-0.05, 0) is 12.1 Å². The van der Waals surface area contributed by atoms with Gasteiger partial charge in [-0.1, -0.05) is 0 Å². The van der Waals surface area contributed by atoms with Crippen molar-refractivity contribution in [2.24, 2.45) is 0 Å². The number of carbonyl (C=O) groups excluding carboxylic acids is 1. The second kappa shape index (κ2) is 6.48. The van der Waals surface area contributed by atoms with E-state index in [4.69, 9.17) is 5.11 Å². The van der Waals surface area contributed by atoms with E-state index in [0.29, 0.717) is 10.4 Å². The molecule has 0 saturated carbocycles. The largest absolute Gasteiger partial charge is 0.478 e. The third kappa shape index (κ3) is 6.16. The Hall–Kier alpha value is -1.67. The second-order valence-electron chi connectivity index (χ2n) is 3.80. The Morgan fingerprint density at radius 2 is 2.16 bits per heavy atom. The van der Waals surface area contributed by atoms with Crippen molar-refractivity contribution in [3.8, 4) is 0 Å². The van der Waals surface area contributed by atoms with Gasteiger partial charge in [-0.2, -0.15) is 0 Å². The van der Waals surface area contributed by atoms with Crippen LogP contribution in [0.15, 0.2) is 17.5 Å². The lowest BCUT2D eigenvalue weighted by Crippen LogP contribution is -2.28. The van der Waals surface area contributed by atoms with Crippen molar-refractivity contribution >= 4 is 39.1 Å². The highest BCUT2D eigenvalue weighted by Gasteiger charge is 2.09. The highest BCUT2D eigenvalue weighted by Crippen LogP contribution is 2.16. The summed E-state index contributed by atoms with van der Waals surface area (Å²) in [5, 5.41) is 12.5. The number of hydrogen-bond acceptors (Lipinski definition) is 5. The van der Waals surface area contributed by atoms with Gasteiger partial charge in [-0.15, -0.1) is 11.3 Å². The highest BCUT2D eigenvalue weighted by molar-refractivity contribution is 7.90. The molecule has 0 atom stereocenters. The molecule has 1 heterocycles. The summed E-state index contributed by atoms with van der Waals surface area (Å²) < 4.78 is 21.8. The SMILES string of the molecule is CS(=O)(=O)CCNC(=O)c1csc(C=CC(=O)O)c1. The van der Waals surface area contributed by atoms with Gasteiger partial charge in [0.1, 0.15) is 9.84 Å². The maximum Gasteiger partial charge on any atom is 0.328 e. The van der Waals surface area contributed by atoms with E-state index in [2.05, 4.69) is 5.32 Å². The van der Waals surface area contributed by atoms with Crippen LogP contribution in [0.3, 0.4) is 0 Å². The molecule has 0 aliphatic heterocycles. The van der Waals surface area contributed by atoms with Crippen LogP contribution in [-0.2, 0) is 14.6 Å². The summed E-state index contributed by atoms with van der Waals surface area (Å²) in [4.78, 5) is 22.6. The molecule has 1 aromatic rings. The molecule has 0 aromatic carbocycles. The van der Waals surface area contributed by atoms with Crippen LogP contribution in [0, 0.1) is 0 Å². The van der Waals surface area contributed by atoms with Crippen LogP contribution in [-0.4, -0.2) is 44.0 Å². The molecule has 1 rings (SSSR count). The van der Waals surface area contributed by atoms with Gasteiger partial charge in [0, 0.05) is 29.1 Å². The van der Waals surface area contributed by atoms with Crippen LogP contribution in [0.25, 0.3) is 6.08 Å². The van der Waals surface area contributed by atoms with E-state index in [1.54, 1.807) is 11.4 Å². The summed E-state index contributed by atoms with van der Waals surface area (Å²) in [6.07, 6.45) is 3.47. The van der Waals surface area contributed by atoms with Gasteiger partial charge in [0.25, 0.3) is 5.91 Å². The highest BCUT2D eigenvalue weighted by atomic mass is 32.2. The average molecular weight is 303 g/mol. The van der Waals surface area contributed by atoms with Crippen molar-refractivity contribution in [1.29, 1.82) is 0 Å². The number of carbonyl (C=O) groups is 2. The molecular formula is C11H13NO5S2. The molecular weight excluding hydrogens is 290 g/mol. The van der Waals surface area contributed by atoms with Crippen LogP contribution in [0.5, 0.6) is 0 Å². The molecule has 0 radical (unpaired) electrons. The first-order valence-electron chi connectivity index (χ1n) is 5.23. The van der Waals surface area contributed by atoms with Gasteiger partial charge in [0.05, 0.1) is 11.3 Å². The van der Waals surface area contributed by atoms with Crippen molar-refractivity contribution in [2.45, 2.75) is 0 Å². The maximum absolute atomic E-state index is 11.6. The van der Waals surface area contributed by atoms with Crippen molar-refractivity contribution in [1.82, 2.24) is 5.32 Å². The molecule has 0 saturated heterocycles. The number of sulfone groups is 1. The minimum Gasteiger partial charge on any atom is -0.478 e. The zero-order valence-corrected chi connectivity index (χ0v) is 11.8. The summed E-state index contributed by atoms with van der Waals surface area (Å²) in [7, 11) is -3.10. The average Bonchev–Trinajstić information content (AvgIpc) is 2.73. The maximum atomic E-state index is 11.6. The standard InChI is InChI=1S/C11H13NO5S2/c1-19(16,17)5-4-12-11(15)8-6-9(18-7-8)2-3-10(13)14/h2-3,6-7H,4-5H2,1H3,(H,12,15)(H,13,14). The molecule has 1 aromatic heterocycles. The Kier molecular flexibility index (Phi) is 5.25. The number of amides is 1. The van der Waals surface area contributed by atoms with E-state index in [1.807, 2.05) is 0 Å². The second-order valence-corrected chi connectivity index (χ2v) is 7.00. The molecule has 0 spiro atoms. The van der Waals surface area contributed by atoms with Gasteiger partial charge >= 0.3 is 5.97 Å². The summed E-state index contributed by atoms with van der Waals surface area (Å²) in [6, 6.07) is 1.54. The fourth-order valence-corrected chi connectivity index (χ4v) is 2.42. The lowest BCUT2D eigenvalue weighted by atomic mass is 10.3. The topological polar surface area (TPSA) is 101 Å². The molecule has 0 aliphatic carbocycles. The van der Waals surface area contributed by atoms with Gasteiger partial charge in [-0.25, -0.2) is 13.2 Å². The van der Waals surface area contributed by atoms with E-state index < -0.39 is 15.8 Å². The van der Waals surface area contributed by atoms with Gasteiger partial charge in [0.15, 0.2) is 0 Å². The predicted octanol–water partition coefficient (Wildman–Crippen LogP) is 0.620. The van der Waals surface area contributed by atoms with Crippen molar-refractivity contribution < 1.29 is 23.1 Å². The Labute approximate surface area is 114 Å². The molecule has 6 nitrogen and oxygen atoms in total. The molecule has 8 heteroatoms. The van der Waals surface area contributed by atoms with Gasteiger partial charge in [0.2, 0.25) is 0 Å². The number of aliphatic carboxylic acids is 1. The number of hydrogen-bond donors (Lipinski definition) is 2. The number of thiophene rings is 1. The van der Waals surface area contributed by atoms with Crippen LogP contribution in [0.4, 0.5) is 0 Å². The molecule has 19 heavy (non-hydrogen) atoms. The molecule has 2 N–H and O–H groups in total. The number of carboxylic acids is 1. The van der Waals surface area contributed by atoms with Crippen molar-refractivity contribution in [3.63, 3.8) is 0 Å². The zero-order valence-electron chi connectivity index (χ0n) is 10.1. The predicted molar refractivity (Wildman–Crippen MR) is 73.0 cm³/mol. The normalized spacial score (nSPS) is 11.6. The Morgan fingerprint density at radius 1 is 1.47 bits per heavy atom. The van der Waals surface area contributed by atoms with Crippen LogP contribution in [0.2, 0.25) is 0 Å². The van der Waals surface area contributed by atoms with Gasteiger partial charge < -0.3 is 10.4 Å². The van der Waals surface area contributed by atoms with E-state index in [9.17, 15) is 18.0 Å². The van der Waals surface area contributed by atoms with Crippen LogP contribution in [0.1, 0.15) is 15.2 Å². The lowest BCUT2D eigenvalue weighted by Gasteiger charge is -2.01. The molecule has 1 amide bonds. The first-order valence-corrected chi connectivity index (χ1v) is 8.17. The summed E-state index contributed by atoms with van der Waals surface area (Å²) >= 11 is 1.23. The summed E-state index contributed by atoms with van der Waals surface area (Å²) in [5.74, 6) is -1.56. The summed E-state index contributed by atoms with van der Waals surface area (Å²) in [5.41, 5.74) is 0.378. The fraction of sp³-hybridized carbons (Fsp3) is 0.273. The molecule has 0 fully saturated rings. The Morgan fingerprint density at radius 3 is 2.74 bits per heavy atom. The van der Waals surface area contributed by atoms with Gasteiger partial charge in [-0.3, -0.25) is 4.79 Å². The van der Waals surface area contributed by atoms with Crippen molar-refractivity contribution in [2.75, 3.05) is 18.6 Å². The third-order valence-electron chi connectivity index (χ3n) is 2.03. The van der Waals surface area contributed by atoms with E-state index >= 15 is 0 Å². The van der Waals surface area contributed by atoms with Crippen molar-refractivity contribution in [3.05, 3.63) is 28.0 Å². The minimum absolute atomic E-state index is 0.0494. The molecule has 0 aliphatic rings. The van der Waals surface area contributed by atoms with E-state index in [0.717, 1.165) is 12.3 Å². The molecule has 0 unspecified atom stereocenters. The quantitative estimate of drug-likeness (QED) is 0.750. The minimum atomic E-state index is -3.10. The number of carboxylic acid groups (broad SMARTS) is 1. The molecule has 104 valence electrons. The monoisotopic (exact) mass is 303 g/mol. The Balaban J connectivity index is 2.56. The van der Waals surface area contributed by atoms with E-state index in [-0.39, 0.29) is 18.2 Å². The number of rotatable bonds is 6. The fourth-order valence-electron chi connectivity index (χ4n) is 1.16. The zero-order chi connectivity index (χ0) is 14.5. The number of nitrogens with one attached hydrogen (secondary N) is 1. The third-order valence-corrected chi connectivity index (χ3v) is 3.87. The summed E-state index contributed by atoms with van der Waals surface area (Å²) in [6.45, 7) is 0.0494. The first kappa shape index (κ1) is 15.4. The Bertz CT molecular complexity index is 600. The smallest absolute Gasteiger partial charge is 0.328 e. The van der Waals surface area contributed by atoms with E-state index in [1.165, 1.54) is 17.4 Å².